The molecule has 0 N–H and O–H groups in total. The lowest BCUT2D eigenvalue weighted by Crippen LogP contribution is -2.51. The summed E-state index contributed by atoms with van der Waals surface area (Å²) in [6.45, 7) is 19.4. The van der Waals surface area contributed by atoms with Crippen molar-refractivity contribution in [1.29, 1.82) is 0 Å². The summed E-state index contributed by atoms with van der Waals surface area (Å²) < 4.78 is 17.6. The molecule has 9 nitrogen and oxygen atoms in total. The Bertz CT molecular complexity index is 1530. The summed E-state index contributed by atoms with van der Waals surface area (Å²) in [5.74, 6) is 1.16. The fourth-order valence-electron chi connectivity index (χ4n) is 5.92. The predicted molar refractivity (Wildman–Crippen MR) is 185 cm³/mol. The monoisotopic (exact) mass is 640 g/mol. The van der Waals surface area contributed by atoms with Crippen molar-refractivity contribution < 1.29 is 23.8 Å². The smallest absolute Gasteiger partial charge is 0.262 e. The molecule has 3 aromatic carbocycles. The van der Waals surface area contributed by atoms with Gasteiger partial charge in [0.2, 0.25) is 0 Å². The Kier molecular flexibility index (Phi) is 11.7. The first-order valence-corrected chi connectivity index (χ1v) is 16.5. The van der Waals surface area contributed by atoms with Gasteiger partial charge in [-0.2, -0.15) is 0 Å². The van der Waals surface area contributed by atoms with Crippen LogP contribution in [0, 0.1) is 13.8 Å². The molecule has 2 heterocycles. The first-order valence-electron chi connectivity index (χ1n) is 16.5. The Balaban J connectivity index is 1.31. The summed E-state index contributed by atoms with van der Waals surface area (Å²) >= 11 is 0. The third-order valence-electron chi connectivity index (χ3n) is 8.55. The molecule has 9 heteroatoms. The van der Waals surface area contributed by atoms with Gasteiger partial charge in [-0.3, -0.25) is 24.3 Å². The number of hydrogen-bond acceptors (Lipinski definition) is 7. The number of carbonyl (C=O) groups is 2. The fraction of sp³-hybridized carbons (Fsp3) is 0.421. The summed E-state index contributed by atoms with van der Waals surface area (Å²) in [5.41, 5.74) is 5.09. The predicted octanol–water partition coefficient (Wildman–Crippen LogP) is 5.31. The van der Waals surface area contributed by atoms with E-state index in [1.807, 2.05) is 87.2 Å². The van der Waals surface area contributed by atoms with Gasteiger partial charge in [0.1, 0.15) is 11.5 Å². The Labute approximate surface area is 279 Å². The van der Waals surface area contributed by atoms with Crippen molar-refractivity contribution in [3.8, 4) is 11.5 Å². The minimum absolute atomic E-state index is 0.00857. The lowest BCUT2D eigenvalue weighted by Gasteiger charge is -2.37. The molecule has 0 aliphatic carbocycles. The lowest BCUT2D eigenvalue weighted by atomic mass is 10.1. The van der Waals surface area contributed by atoms with Crippen molar-refractivity contribution in [3.05, 3.63) is 101 Å². The number of rotatable bonds is 12. The van der Waals surface area contributed by atoms with Crippen molar-refractivity contribution in [1.82, 2.24) is 14.7 Å². The van der Waals surface area contributed by atoms with E-state index < -0.39 is 0 Å². The summed E-state index contributed by atoms with van der Waals surface area (Å²) in [5, 5.41) is 0. The van der Waals surface area contributed by atoms with E-state index in [1.54, 1.807) is 4.90 Å². The SMILES string of the molecule is C=C(CN1CCN(C(=O)COc2ccc(C)cc2)CC1)N(C(=O)c1ccccc1C)c1ccc(CN2CCOCC2)cc1OC(C)C. The number of anilines is 1. The Hall–Kier alpha value is -4.18. The Morgan fingerprint density at radius 2 is 1.60 bits per heavy atom. The van der Waals surface area contributed by atoms with Crippen LogP contribution in [0.15, 0.2) is 79.0 Å². The maximum absolute atomic E-state index is 14.3. The van der Waals surface area contributed by atoms with Crippen LogP contribution in [0.1, 0.15) is 40.9 Å². The number of carbonyl (C=O) groups excluding carboxylic acids is 2. The molecule has 0 bridgehead atoms. The van der Waals surface area contributed by atoms with Gasteiger partial charge in [0.05, 0.1) is 25.0 Å². The number of aryl methyl sites for hydroxylation is 2. The van der Waals surface area contributed by atoms with E-state index in [0.717, 1.165) is 49.5 Å². The van der Waals surface area contributed by atoms with Crippen LogP contribution < -0.4 is 14.4 Å². The van der Waals surface area contributed by atoms with Crippen molar-refractivity contribution in [2.75, 3.05) is 70.5 Å². The van der Waals surface area contributed by atoms with Crippen LogP contribution in [0.5, 0.6) is 11.5 Å². The normalized spacial score (nSPS) is 15.8. The summed E-state index contributed by atoms with van der Waals surface area (Å²) in [7, 11) is 0. The van der Waals surface area contributed by atoms with Crippen LogP contribution in [0.2, 0.25) is 0 Å². The molecule has 5 rings (SSSR count). The van der Waals surface area contributed by atoms with Crippen LogP contribution in [0.25, 0.3) is 0 Å². The van der Waals surface area contributed by atoms with Crippen molar-refractivity contribution in [2.45, 2.75) is 40.3 Å². The van der Waals surface area contributed by atoms with E-state index >= 15 is 0 Å². The summed E-state index contributed by atoms with van der Waals surface area (Å²) in [6.07, 6.45) is -0.0864. The quantitative estimate of drug-likeness (QED) is 0.266. The number of amides is 2. The van der Waals surface area contributed by atoms with Crippen molar-refractivity contribution >= 4 is 17.5 Å². The highest BCUT2D eigenvalue weighted by atomic mass is 16.5. The number of benzene rings is 3. The molecule has 3 aromatic rings. The van der Waals surface area contributed by atoms with E-state index in [2.05, 4.69) is 28.5 Å². The molecular weight excluding hydrogens is 592 g/mol. The van der Waals surface area contributed by atoms with Gasteiger partial charge in [0.15, 0.2) is 6.61 Å². The van der Waals surface area contributed by atoms with E-state index in [1.165, 1.54) is 0 Å². The third-order valence-corrected chi connectivity index (χ3v) is 8.55. The topological polar surface area (TPSA) is 74.8 Å². The average Bonchev–Trinajstić information content (AvgIpc) is 3.06. The van der Waals surface area contributed by atoms with Gasteiger partial charge in [0, 0.05) is 63.6 Å². The molecule has 2 aliphatic heterocycles. The molecule has 2 fully saturated rings. The summed E-state index contributed by atoms with van der Waals surface area (Å²) in [4.78, 5) is 35.4. The fourth-order valence-corrected chi connectivity index (χ4v) is 5.92. The van der Waals surface area contributed by atoms with Crippen LogP contribution in [0.4, 0.5) is 5.69 Å². The zero-order chi connectivity index (χ0) is 33.3. The highest BCUT2D eigenvalue weighted by molar-refractivity contribution is 6.09. The number of morpholine rings is 1. The van der Waals surface area contributed by atoms with Gasteiger partial charge in [-0.05, 0) is 69.2 Å². The average molecular weight is 641 g/mol. The van der Waals surface area contributed by atoms with E-state index in [-0.39, 0.29) is 24.5 Å². The van der Waals surface area contributed by atoms with Crippen LogP contribution >= 0.6 is 0 Å². The zero-order valence-electron chi connectivity index (χ0n) is 28.2. The van der Waals surface area contributed by atoms with E-state index in [4.69, 9.17) is 14.2 Å². The third kappa shape index (κ3) is 9.22. The maximum atomic E-state index is 14.3. The minimum atomic E-state index is -0.148. The van der Waals surface area contributed by atoms with Crippen LogP contribution in [-0.4, -0.2) is 98.3 Å². The van der Waals surface area contributed by atoms with Crippen molar-refractivity contribution in [2.24, 2.45) is 0 Å². The molecule has 0 radical (unpaired) electrons. The first kappa shape index (κ1) is 34.2. The minimum Gasteiger partial charge on any atom is -0.489 e. The number of nitrogens with zero attached hydrogens (tertiary/aromatic N) is 4. The first-order chi connectivity index (χ1) is 22.7. The summed E-state index contributed by atoms with van der Waals surface area (Å²) in [6, 6.07) is 21.4. The standard InChI is InChI=1S/C38H48N4O5/c1-28(2)47-36-24-32(26-40-20-22-45-23-21-40)12-15-35(36)42(38(44)34-9-7-6-8-30(34)4)31(5)25-39-16-18-41(19-17-39)37(43)27-46-33-13-10-29(3)11-14-33/h6-15,24,28H,5,16-23,25-27H2,1-4H3. The lowest BCUT2D eigenvalue weighted by molar-refractivity contribution is -0.135. The second-order valence-electron chi connectivity index (χ2n) is 12.6. The molecule has 47 heavy (non-hydrogen) atoms. The molecule has 2 saturated heterocycles. The van der Waals surface area contributed by atoms with Gasteiger partial charge < -0.3 is 19.1 Å². The Morgan fingerprint density at radius 3 is 2.28 bits per heavy atom. The second-order valence-corrected chi connectivity index (χ2v) is 12.6. The van der Waals surface area contributed by atoms with Gasteiger partial charge >= 0.3 is 0 Å². The molecule has 0 aromatic heterocycles. The zero-order valence-corrected chi connectivity index (χ0v) is 28.2. The highest BCUT2D eigenvalue weighted by Gasteiger charge is 2.29. The van der Waals surface area contributed by atoms with Crippen LogP contribution in [-0.2, 0) is 16.1 Å². The molecule has 0 spiro atoms. The molecular formula is C38H48N4O5. The molecule has 0 atom stereocenters. The maximum Gasteiger partial charge on any atom is 0.262 e. The molecule has 0 unspecified atom stereocenters. The van der Waals surface area contributed by atoms with Crippen LogP contribution in [0.3, 0.4) is 0 Å². The van der Waals surface area contributed by atoms with Crippen molar-refractivity contribution in [3.63, 3.8) is 0 Å². The molecule has 2 aliphatic rings. The molecule has 250 valence electrons. The second kappa shape index (κ2) is 16.1. The van der Waals surface area contributed by atoms with Gasteiger partial charge in [0.25, 0.3) is 11.8 Å². The van der Waals surface area contributed by atoms with Gasteiger partial charge in [-0.25, -0.2) is 0 Å². The van der Waals surface area contributed by atoms with E-state index in [9.17, 15) is 9.59 Å². The molecule has 0 saturated carbocycles. The molecule has 2 amide bonds. The Morgan fingerprint density at radius 1 is 0.894 bits per heavy atom. The van der Waals surface area contributed by atoms with Gasteiger partial charge in [-0.15, -0.1) is 0 Å². The highest BCUT2D eigenvalue weighted by Crippen LogP contribution is 2.35. The van der Waals surface area contributed by atoms with Gasteiger partial charge in [-0.1, -0.05) is 48.5 Å². The van der Waals surface area contributed by atoms with E-state index in [0.29, 0.717) is 61.2 Å². The number of hydrogen-bond donors (Lipinski definition) is 0. The number of piperazine rings is 1. The largest absolute Gasteiger partial charge is 0.489 e. The number of ether oxygens (including phenoxy) is 3.